The van der Waals surface area contributed by atoms with Crippen molar-refractivity contribution in [2.24, 2.45) is 22.7 Å². The molecule has 4 rings (SSSR count). The van der Waals surface area contributed by atoms with E-state index in [9.17, 15) is 39.9 Å². The first kappa shape index (κ1) is 21.4. The number of hydrogen-bond donors (Lipinski definition) is 6. The lowest BCUT2D eigenvalue weighted by Gasteiger charge is -2.50. The van der Waals surface area contributed by atoms with E-state index in [0.29, 0.717) is 0 Å². The second kappa shape index (κ2) is 6.82. The zero-order valence-corrected chi connectivity index (χ0v) is 16.6. The summed E-state index contributed by atoms with van der Waals surface area (Å²) in [6.45, 7) is 1.54. The van der Waals surface area contributed by atoms with Crippen molar-refractivity contribution in [2.45, 2.75) is 31.0 Å². The van der Waals surface area contributed by atoms with E-state index in [-0.39, 0.29) is 16.8 Å². The summed E-state index contributed by atoms with van der Waals surface area (Å²) in [7, 11) is 0. The minimum atomic E-state index is -2.90. The summed E-state index contributed by atoms with van der Waals surface area (Å²) in [6, 6.07) is 2.43. The number of hydrogen-bond acceptors (Lipinski definition) is 9. The van der Waals surface area contributed by atoms with Gasteiger partial charge in [0, 0.05) is 34.4 Å². The van der Waals surface area contributed by atoms with Gasteiger partial charge in [-0.25, -0.2) is 0 Å². The molecule has 1 aromatic rings. The average Bonchev–Trinajstić information content (AvgIpc) is 2.72. The van der Waals surface area contributed by atoms with E-state index in [1.807, 2.05) is 0 Å². The standard InChI is InChI=1S/C20H18N4O8/c1-5-10-7(23-24-22)2-3-8(25)12(10)16(28)14-11(5)15(27)6-4-9(26)13(19(21)31)17(29)20(6,32)18(14)30/h2-3,5-6,11,15,25,27-29,32H,4H2,1H3,(H2,21,31)/t5-,6+,11+,15+,20+/m0/s1. The second-order valence-corrected chi connectivity index (χ2v) is 8.07. The molecule has 7 N–H and O–H groups in total. The van der Waals surface area contributed by atoms with Crippen LogP contribution in [0.3, 0.4) is 0 Å². The number of carbonyl (C=O) groups is 3. The lowest BCUT2D eigenvalue weighted by Crippen LogP contribution is -2.63. The van der Waals surface area contributed by atoms with Crippen LogP contribution in [0, 0.1) is 11.8 Å². The van der Waals surface area contributed by atoms with Gasteiger partial charge >= 0.3 is 0 Å². The third-order valence-corrected chi connectivity index (χ3v) is 6.61. The highest BCUT2D eigenvalue weighted by atomic mass is 16.4. The van der Waals surface area contributed by atoms with Gasteiger partial charge in [-0.1, -0.05) is 12.0 Å². The van der Waals surface area contributed by atoms with Crippen LogP contribution in [0.4, 0.5) is 5.69 Å². The van der Waals surface area contributed by atoms with Crippen molar-refractivity contribution in [1.82, 2.24) is 0 Å². The Morgan fingerprint density at radius 2 is 1.94 bits per heavy atom. The van der Waals surface area contributed by atoms with Crippen LogP contribution < -0.4 is 5.73 Å². The quantitative estimate of drug-likeness (QED) is 0.166. The van der Waals surface area contributed by atoms with Gasteiger partial charge in [-0.15, -0.1) is 0 Å². The molecule has 32 heavy (non-hydrogen) atoms. The molecule has 12 heteroatoms. The zero-order valence-electron chi connectivity index (χ0n) is 16.6. The van der Waals surface area contributed by atoms with Crippen molar-refractivity contribution in [1.29, 1.82) is 0 Å². The summed E-state index contributed by atoms with van der Waals surface area (Å²) in [6.07, 6.45) is -2.32. The first-order valence-electron chi connectivity index (χ1n) is 9.54. The highest BCUT2D eigenvalue weighted by Gasteiger charge is 2.65. The molecule has 1 aromatic carbocycles. The molecule has 12 nitrogen and oxygen atoms in total. The second-order valence-electron chi connectivity index (χ2n) is 8.07. The Morgan fingerprint density at radius 3 is 2.53 bits per heavy atom. The largest absolute Gasteiger partial charge is 0.508 e. The number of aliphatic hydroxyl groups is 4. The first-order chi connectivity index (χ1) is 15.0. The van der Waals surface area contributed by atoms with Gasteiger partial charge in [0.25, 0.3) is 5.91 Å². The SMILES string of the molecule is C[C@H]1c2c(N=[N+]=[N-])ccc(O)c2C(O)=C2C(=O)[C@]3(O)C(O)=C(C(N)=O)C(=O)C[C@@H]3[C@@H](O)[C@@H]21. The van der Waals surface area contributed by atoms with Crippen LogP contribution in [0.1, 0.15) is 30.4 Å². The molecule has 0 aromatic heterocycles. The van der Waals surface area contributed by atoms with Crippen molar-refractivity contribution in [3.05, 3.63) is 50.6 Å². The summed E-state index contributed by atoms with van der Waals surface area (Å²) >= 11 is 0. The molecule has 0 unspecified atom stereocenters. The van der Waals surface area contributed by atoms with E-state index in [2.05, 4.69) is 10.0 Å². The topological polar surface area (TPSA) is 227 Å². The highest BCUT2D eigenvalue weighted by Crippen LogP contribution is 2.57. The fourth-order valence-corrected chi connectivity index (χ4v) is 5.19. The van der Waals surface area contributed by atoms with Crippen molar-refractivity contribution in [2.75, 3.05) is 0 Å². The predicted molar refractivity (Wildman–Crippen MR) is 106 cm³/mol. The number of azide groups is 1. The maximum atomic E-state index is 13.4. The monoisotopic (exact) mass is 442 g/mol. The Kier molecular flexibility index (Phi) is 4.56. The molecule has 5 atom stereocenters. The van der Waals surface area contributed by atoms with Crippen LogP contribution in [-0.2, 0) is 14.4 Å². The van der Waals surface area contributed by atoms with Crippen LogP contribution >= 0.6 is 0 Å². The molecule has 0 radical (unpaired) electrons. The summed E-state index contributed by atoms with van der Waals surface area (Å²) in [4.78, 5) is 40.2. The number of phenolic OH excluding ortho intramolecular Hbond substituents is 1. The zero-order chi connectivity index (χ0) is 23.7. The number of benzene rings is 1. The molecule has 0 bridgehead atoms. The Morgan fingerprint density at radius 1 is 1.28 bits per heavy atom. The summed E-state index contributed by atoms with van der Waals surface area (Å²) in [5.74, 6) is -9.67. The van der Waals surface area contributed by atoms with Gasteiger partial charge in [0.1, 0.15) is 22.8 Å². The van der Waals surface area contributed by atoms with E-state index < -0.39 is 81.8 Å². The number of phenols is 1. The molecule has 1 amide bonds. The van der Waals surface area contributed by atoms with E-state index in [4.69, 9.17) is 11.3 Å². The number of Topliss-reactive ketones (excluding diaryl/α,β-unsaturated/α-hetero) is 2. The smallest absolute Gasteiger partial charge is 0.255 e. The number of nitrogens with zero attached hydrogens (tertiary/aromatic N) is 3. The minimum absolute atomic E-state index is 0.0392. The van der Waals surface area contributed by atoms with Crippen LogP contribution in [-0.4, -0.2) is 54.7 Å². The maximum Gasteiger partial charge on any atom is 0.255 e. The Balaban J connectivity index is 2.05. The molecule has 0 heterocycles. The molecule has 0 spiro atoms. The Bertz CT molecular complexity index is 1230. The number of ketones is 2. The van der Waals surface area contributed by atoms with E-state index in [1.54, 1.807) is 6.92 Å². The van der Waals surface area contributed by atoms with Crippen molar-refractivity contribution in [3.8, 4) is 5.75 Å². The number of carbonyl (C=O) groups excluding carboxylic acids is 3. The van der Waals surface area contributed by atoms with Gasteiger partial charge in [-0.05, 0) is 29.1 Å². The van der Waals surface area contributed by atoms with Crippen LogP contribution in [0.2, 0.25) is 0 Å². The fraction of sp³-hybridized carbons (Fsp3) is 0.350. The first-order valence-corrected chi connectivity index (χ1v) is 9.54. The summed E-state index contributed by atoms with van der Waals surface area (Å²) < 4.78 is 0. The molecule has 1 saturated carbocycles. The molecule has 3 aliphatic carbocycles. The molecule has 0 aliphatic heterocycles. The Hall–Kier alpha value is -3.86. The lowest BCUT2D eigenvalue weighted by atomic mass is 9.55. The van der Waals surface area contributed by atoms with Gasteiger partial charge in [0.05, 0.1) is 11.7 Å². The fourth-order valence-electron chi connectivity index (χ4n) is 5.19. The molecular formula is C20H18N4O8. The van der Waals surface area contributed by atoms with Gasteiger partial charge in [-0.2, -0.15) is 0 Å². The van der Waals surface area contributed by atoms with Crippen molar-refractivity contribution in [3.63, 3.8) is 0 Å². The average molecular weight is 442 g/mol. The molecule has 0 saturated heterocycles. The third kappa shape index (κ3) is 2.45. The Labute approximate surface area is 179 Å². The number of fused-ring (bicyclic) bond motifs is 3. The molecule has 166 valence electrons. The lowest BCUT2D eigenvalue weighted by molar-refractivity contribution is -0.160. The molecular weight excluding hydrogens is 424 g/mol. The number of rotatable bonds is 2. The highest BCUT2D eigenvalue weighted by molar-refractivity contribution is 6.23. The number of aromatic hydroxyl groups is 1. The minimum Gasteiger partial charge on any atom is -0.508 e. The van der Waals surface area contributed by atoms with Gasteiger partial charge in [0.2, 0.25) is 5.78 Å². The maximum absolute atomic E-state index is 13.4. The third-order valence-electron chi connectivity index (χ3n) is 6.61. The van der Waals surface area contributed by atoms with E-state index in [0.717, 1.165) is 6.07 Å². The van der Waals surface area contributed by atoms with Crippen molar-refractivity contribution >= 4 is 28.9 Å². The van der Waals surface area contributed by atoms with Crippen LogP contribution in [0.25, 0.3) is 16.2 Å². The van der Waals surface area contributed by atoms with Gasteiger partial charge in [-0.3, -0.25) is 14.4 Å². The van der Waals surface area contributed by atoms with E-state index in [1.165, 1.54) is 6.07 Å². The number of nitrogens with two attached hydrogens (primary N) is 1. The number of primary amides is 1. The summed E-state index contributed by atoms with van der Waals surface area (Å²) in [5, 5.41) is 57.7. The number of aliphatic hydroxyl groups excluding tert-OH is 3. The van der Waals surface area contributed by atoms with Gasteiger partial charge < -0.3 is 31.3 Å². The predicted octanol–water partition coefficient (Wildman–Crippen LogP) is 0.898. The summed E-state index contributed by atoms with van der Waals surface area (Å²) in [5.41, 5.74) is 9.59. The normalized spacial score (nSPS) is 31.5. The van der Waals surface area contributed by atoms with Crippen LogP contribution in [0.15, 0.2) is 34.2 Å². The number of amides is 1. The van der Waals surface area contributed by atoms with Gasteiger partial charge in [0.15, 0.2) is 11.4 Å². The van der Waals surface area contributed by atoms with E-state index >= 15 is 0 Å². The molecule has 1 fully saturated rings. The van der Waals surface area contributed by atoms with Crippen LogP contribution in [0.5, 0.6) is 5.75 Å². The van der Waals surface area contributed by atoms with Crippen molar-refractivity contribution < 1.29 is 39.9 Å². The molecule has 3 aliphatic rings.